The second kappa shape index (κ2) is 7.16. The lowest BCUT2D eigenvalue weighted by Crippen LogP contribution is -2.31. The molecule has 0 saturated carbocycles. The van der Waals surface area contributed by atoms with E-state index in [1.54, 1.807) is 18.3 Å². The number of nitrogens with zero attached hydrogens (tertiary/aromatic N) is 3. The lowest BCUT2D eigenvalue weighted by molar-refractivity contribution is -0.114. The SMILES string of the molecule is CC(=O)Nc1ccc(S(=O)(=O)N2CCC(Oc3cnccn3)C2)cc1. The minimum atomic E-state index is -3.60. The molecule has 8 nitrogen and oxygen atoms in total. The smallest absolute Gasteiger partial charge is 0.243 e. The molecule has 1 N–H and O–H groups in total. The number of benzene rings is 1. The van der Waals surface area contributed by atoms with Gasteiger partial charge in [-0.15, -0.1) is 0 Å². The van der Waals surface area contributed by atoms with E-state index in [1.807, 2.05) is 0 Å². The highest BCUT2D eigenvalue weighted by Gasteiger charge is 2.33. The highest BCUT2D eigenvalue weighted by Crippen LogP contribution is 2.24. The maximum Gasteiger partial charge on any atom is 0.243 e. The number of ether oxygens (including phenoxy) is 1. The number of hydrogen-bond donors (Lipinski definition) is 1. The van der Waals surface area contributed by atoms with Gasteiger partial charge in [-0.05, 0) is 30.7 Å². The normalized spacial score (nSPS) is 18.0. The number of carbonyl (C=O) groups excluding carboxylic acids is 1. The van der Waals surface area contributed by atoms with Crippen LogP contribution in [-0.4, -0.2) is 47.8 Å². The highest BCUT2D eigenvalue weighted by molar-refractivity contribution is 7.89. The van der Waals surface area contributed by atoms with Gasteiger partial charge in [0.05, 0.1) is 17.6 Å². The quantitative estimate of drug-likeness (QED) is 0.860. The molecule has 1 aliphatic rings. The molecular weight excluding hydrogens is 344 g/mol. The molecule has 2 heterocycles. The Kier molecular flexibility index (Phi) is 4.95. The summed E-state index contributed by atoms with van der Waals surface area (Å²) < 4.78 is 32.5. The first-order chi connectivity index (χ1) is 11.9. The van der Waals surface area contributed by atoms with Gasteiger partial charge in [-0.3, -0.25) is 9.78 Å². The number of amides is 1. The summed E-state index contributed by atoms with van der Waals surface area (Å²) in [5.74, 6) is 0.172. The molecule has 3 rings (SSSR count). The van der Waals surface area contributed by atoms with E-state index in [1.165, 1.54) is 35.8 Å². The van der Waals surface area contributed by atoms with Crippen LogP contribution in [0.15, 0.2) is 47.8 Å². The van der Waals surface area contributed by atoms with Crippen molar-refractivity contribution in [3.63, 3.8) is 0 Å². The van der Waals surface area contributed by atoms with Crippen molar-refractivity contribution in [2.24, 2.45) is 0 Å². The Balaban J connectivity index is 1.67. The van der Waals surface area contributed by atoms with Crippen molar-refractivity contribution in [3.05, 3.63) is 42.9 Å². The van der Waals surface area contributed by atoms with Crippen molar-refractivity contribution in [1.29, 1.82) is 0 Å². The molecule has 1 unspecified atom stereocenters. The first-order valence-electron chi connectivity index (χ1n) is 7.75. The topological polar surface area (TPSA) is 101 Å². The first-order valence-corrected chi connectivity index (χ1v) is 9.19. The minimum absolute atomic E-state index is 0.182. The third-order valence-electron chi connectivity index (χ3n) is 3.75. The molecule has 1 saturated heterocycles. The van der Waals surface area contributed by atoms with E-state index in [-0.39, 0.29) is 23.5 Å². The summed E-state index contributed by atoms with van der Waals surface area (Å²) in [4.78, 5) is 19.2. The molecule has 9 heteroatoms. The number of anilines is 1. The van der Waals surface area contributed by atoms with Gasteiger partial charge in [-0.2, -0.15) is 4.31 Å². The predicted octanol–water partition coefficient (Wildman–Crippen LogP) is 1.28. The third-order valence-corrected chi connectivity index (χ3v) is 5.63. The van der Waals surface area contributed by atoms with Gasteiger partial charge in [0.15, 0.2) is 0 Å². The van der Waals surface area contributed by atoms with Crippen LogP contribution >= 0.6 is 0 Å². The lowest BCUT2D eigenvalue weighted by atomic mass is 10.3. The summed E-state index contributed by atoms with van der Waals surface area (Å²) >= 11 is 0. The molecule has 1 aromatic heterocycles. The van der Waals surface area contributed by atoms with E-state index in [4.69, 9.17) is 4.74 Å². The Morgan fingerprint density at radius 2 is 2.04 bits per heavy atom. The van der Waals surface area contributed by atoms with Crippen LogP contribution in [0.25, 0.3) is 0 Å². The van der Waals surface area contributed by atoms with E-state index in [9.17, 15) is 13.2 Å². The van der Waals surface area contributed by atoms with Gasteiger partial charge in [0.2, 0.25) is 21.8 Å². The molecule has 1 aliphatic heterocycles. The van der Waals surface area contributed by atoms with Crippen molar-refractivity contribution < 1.29 is 17.9 Å². The monoisotopic (exact) mass is 362 g/mol. The van der Waals surface area contributed by atoms with Gasteiger partial charge < -0.3 is 10.1 Å². The van der Waals surface area contributed by atoms with Gasteiger partial charge in [0.1, 0.15) is 6.10 Å². The maximum absolute atomic E-state index is 12.7. The number of rotatable bonds is 5. The zero-order chi connectivity index (χ0) is 17.9. The zero-order valence-corrected chi connectivity index (χ0v) is 14.4. The average Bonchev–Trinajstić information content (AvgIpc) is 3.05. The van der Waals surface area contributed by atoms with E-state index in [0.717, 1.165) is 0 Å². The fourth-order valence-corrected chi connectivity index (χ4v) is 4.08. The summed E-state index contributed by atoms with van der Waals surface area (Å²) in [6, 6.07) is 6.10. The summed E-state index contributed by atoms with van der Waals surface area (Å²) in [5, 5.41) is 2.61. The van der Waals surface area contributed by atoms with Crippen LogP contribution in [-0.2, 0) is 14.8 Å². The molecule has 0 spiro atoms. The standard InChI is InChI=1S/C16H18N4O4S/c1-12(21)19-13-2-4-15(5-3-13)25(22,23)20-9-6-14(11-20)24-16-10-17-7-8-18-16/h2-5,7-8,10,14H,6,9,11H2,1H3,(H,19,21). The van der Waals surface area contributed by atoms with E-state index < -0.39 is 10.0 Å². The van der Waals surface area contributed by atoms with Crippen molar-refractivity contribution in [1.82, 2.24) is 14.3 Å². The molecule has 1 amide bonds. The molecular formula is C16H18N4O4S. The summed E-state index contributed by atoms with van der Waals surface area (Å²) in [6.07, 6.45) is 4.89. The summed E-state index contributed by atoms with van der Waals surface area (Å²) in [5.41, 5.74) is 0.553. The van der Waals surface area contributed by atoms with Gasteiger partial charge in [0, 0.05) is 31.5 Å². The zero-order valence-electron chi connectivity index (χ0n) is 13.6. The first kappa shape index (κ1) is 17.3. The number of sulfonamides is 1. The highest BCUT2D eigenvalue weighted by atomic mass is 32.2. The van der Waals surface area contributed by atoms with Crippen molar-refractivity contribution in [3.8, 4) is 5.88 Å². The van der Waals surface area contributed by atoms with Gasteiger partial charge >= 0.3 is 0 Å². The number of carbonyl (C=O) groups is 1. The Labute approximate surface area is 145 Å². The fourth-order valence-electron chi connectivity index (χ4n) is 2.59. The molecule has 1 atom stereocenters. The fraction of sp³-hybridized carbons (Fsp3) is 0.312. The molecule has 25 heavy (non-hydrogen) atoms. The molecule has 0 bridgehead atoms. The van der Waals surface area contributed by atoms with Gasteiger partial charge in [-0.1, -0.05) is 0 Å². The Morgan fingerprint density at radius 1 is 1.28 bits per heavy atom. The van der Waals surface area contributed by atoms with Crippen molar-refractivity contribution in [2.75, 3.05) is 18.4 Å². The third kappa shape index (κ3) is 4.12. The van der Waals surface area contributed by atoms with Crippen LogP contribution < -0.4 is 10.1 Å². The minimum Gasteiger partial charge on any atom is -0.472 e. The molecule has 0 aliphatic carbocycles. The molecule has 1 fully saturated rings. The second-order valence-corrected chi connectivity index (χ2v) is 7.58. The maximum atomic E-state index is 12.7. The van der Waals surface area contributed by atoms with Gasteiger partial charge in [0.25, 0.3) is 0 Å². The number of nitrogens with one attached hydrogen (secondary N) is 1. The van der Waals surface area contributed by atoms with E-state index in [2.05, 4.69) is 15.3 Å². The Hall–Kier alpha value is -2.52. The van der Waals surface area contributed by atoms with Crippen LogP contribution in [0, 0.1) is 0 Å². The van der Waals surface area contributed by atoms with E-state index in [0.29, 0.717) is 24.5 Å². The predicted molar refractivity (Wildman–Crippen MR) is 90.6 cm³/mol. The largest absolute Gasteiger partial charge is 0.472 e. The Morgan fingerprint density at radius 3 is 2.68 bits per heavy atom. The number of hydrogen-bond acceptors (Lipinski definition) is 6. The van der Waals surface area contributed by atoms with Crippen LogP contribution in [0.5, 0.6) is 5.88 Å². The molecule has 0 radical (unpaired) electrons. The molecule has 1 aromatic carbocycles. The van der Waals surface area contributed by atoms with Crippen LogP contribution in [0.3, 0.4) is 0 Å². The summed E-state index contributed by atoms with van der Waals surface area (Å²) in [6.45, 7) is 2.03. The van der Waals surface area contributed by atoms with Crippen LogP contribution in [0.4, 0.5) is 5.69 Å². The van der Waals surface area contributed by atoms with Crippen LogP contribution in [0.1, 0.15) is 13.3 Å². The molecule has 2 aromatic rings. The lowest BCUT2D eigenvalue weighted by Gasteiger charge is -2.17. The second-order valence-electron chi connectivity index (χ2n) is 5.64. The van der Waals surface area contributed by atoms with E-state index >= 15 is 0 Å². The van der Waals surface area contributed by atoms with Crippen molar-refractivity contribution >= 4 is 21.6 Å². The Bertz CT molecular complexity index is 840. The van der Waals surface area contributed by atoms with Crippen molar-refractivity contribution in [2.45, 2.75) is 24.3 Å². The average molecular weight is 362 g/mol. The summed E-state index contributed by atoms with van der Waals surface area (Å²) in [7, 11) is -3.60. The van der Waals surface area contributed by atoms with Gasteiger partial charge in [-0.25, -0.2) is 13.4 Å². The number of aromatic nitrogens is 2. The molecule has 132 valence electrons. The van der Waals surface area contributed by atoms with Crippen LogP contribution in [0.2, 0.25) is 0 Å².